The van der Waals surface area contributed by atoms with Gasteiger partial charge in [0.15, 0.2) is 5.03 Å². The number of benzene rings is 1. The summed E-state index contributed by atoms with van der Waals surface area (Å²) in [4.78, 5) is 25.9. The van der Waals surface area contributed by atoms with Crippen LogP contribution in [0.25, 0.3) is 0 Å². The third-order valence-electron chi connectivity index (χ3n) is 2.46. The number of hydrogen-bond acceptors (Lipinski definition) is 5. The van der Waals surface area contributed by atoms with Gasteiger partial charge in [0.1, 0.15) is 5.69 Å². The largest absolute Gasteiger partial charge is 0.477 e. The van der Waals surface area contributed by atoms with E-state index in [-0.39, 0.29) is 16.4 Å². The molecule has 0 saturated carbocycles. The average Bonchev–Trinajstić information content (AvgIpc) is 2.38. The Morgan fingerprint density at radius 1 is 1.35 bits per heavy atom. The van der Waals surface area contributed by atoms with Gasteiger partial charge in [-0.25, -0.2) is 9.78 Å². The standard InChI is InChI=1S/C13H10N2O4S/c1-8-3-2-4-9(7-8)20-12-11(15(18)19)6-5-10(14-12)13(16)17/h2-7H,1H3,(H,16,17). The van der Waals surface area contributed by atoms with Gasteiger partial charge in [0, 0.05) is 11.0 Å². The van der Waals surface area contributed by atoms with E-state index in [1.807, 2.05) is 25.1 Å². The normalized spacial score (nSPS) is 10.2. The molecule has 102 valence electrons. The van der Waals surface area contributed by atoms with Crippen molar-refractivity contribution >= 4 is 23.4 Å². The van der Waals surface area contributed by atoms with Gasteiger partial charge in [-0.15, -0.1) is 0 Å². The number of aryl methyl sites for hydroxylation is 1. The molecule has 7 heteroatoms. The Kier molecular flexibility index (Phi) is 3.99. The summed E-state index contributed by atoms with van der Waals surface area (Å²) in [5.41, 5.74) is 0.583. The molecule has 0 amide bonds. The Hall–Kier alpha value is -2.41. The Morgan fingerprint density at radius 2 is 2.10 bits per heavy atom. The lowest BCUT2D eigenvalue weighted by Crippen LogP contribution is -2.03. The van der Waals surface area contributed by atoms with Crippen LogP contribution in [-0.4, -0.2) is 21.0 Å². The lowest BCUT2D eigenvalue weighted by Gasteiger charge is -2.04. The Labute approximate surface area is 118 Å². The quantitative estimate of drug-likeness (QED) is 0.686. The van der Waals surface area contributed by atoms with Crippen molar-refractivity contribution in [3.63, 3.8) is 0 Å². The van der Waals surface area contributed by atoms with E-state index in [0.29, 0.717) is 0 Å². The third-order valence-corrected chi connectivity index (χ3v) is 3.44. The lowest BCUT2D eigenvalue weighted by molar-refractivity contribution is -0.388. The first kappa shape index (κ1) is 14.0. The minimum absolute atomic E-state index is 0.0699. The van der Waals surface area contributed by atoms with Crippen molar-refractivity contribution in [2.45, 2.75) is 16.8 Å². The summed E-state index contributed by atoms with van der Waals surface area (Å²) in [6, 6.07) is 9.65. The van der Waals surface area contributed by atoms with Crippen LogP contribution in [0.1, 0.15) is 16.1 Å². The number of carboxylic acids is 1. The second-order valence-electron chi connectivity index (χ2n) is 4.00. The molecular weight excluding hydrogens is 280 g/mol. The molecule has 1 heterocycles. The van der Waals surface area contributed by atoms with Gasteiger partial charge in [0.2, 0.25) is 0 Å². The monoisotopic (exact) mass is 290 g/mol. The van der Waals surface area contributed by atoms with E-state index >= 15 is 0 Å². The van der Waals surface area contributed by atoms with Gasteiger partial charge < -0.3 is 5.11 Å². The molecule has 0 aliphatic carbocycles. The maximum Gasteiger partial charge on any atom is 0.354 e. The number of nitro groups is 1. The van der Waals surface area contributed by atoms with E-state index < -0.39 is 10.9 Å². The van der Waals surface area contributed by atoms with Gasteiger partial charge in [-0.05, 0) is 25.1 Å². The van der Waals surface area contributed by atoms with E-state index in [1.54, 1.807) is 6.07 Å². The van der Waals surface area contributed by atoms with Crippen molar-refractivity contribution in [1.29, 1.82) is 0 Å². The Balaban J connectivity index is 2.44. The van der Waals surface area contributed by atoms with Crippen molar-refractivity contribution in [2.75, 3.05) is 0 Å². The average molecular weight is 290 g/mol. The van der Waals surface area contributed by atoms with Gasteiger partial charge in [-0.1, -0.05) is 29.5 Å². The highest BCUT2D eigenvalue weighted by atomic mass is 32.2. The Morgan fingerprint density at radius 3 is 2.70 bits per heavy atom. The molecule has 0 saturated heterocycles. The molecular formula is C13H10N2O4S. The van der Waals surface area contributed by atoms with E-state index in [2.05, 4.69) is 4.98 Å². The van der Waals surface area contributed by atoms with Crippen LogP contribution in [-0.2, 0) is 0 Å². The summed E-state index contributed by atoms with van der Waals surface area (Å²) in [6.07, 6.45) is 0. The van der Waals surface area contributed by atoms with E-state index in [0.717, 1.165) is 34.4 Å². The van der Waals surface area contributed by atoms with Crippen LogP contribution in [0, 0.1) is 17.0 Å². The first-order valence-corrected chi connectivity index (χ1v) is 6.42. The highest BCUT2D eigenvalue weighted by Crippen LogP contribution is 2.33. The summed E-state index contributed by atoms with van der Waals surface area (Å²) < 4.78 is 0. The summed E-state index contributed by atoms with van der Waals surface area (Å²) >= 11 is 1.07. The van der Waals surface area contributed by atoms with E-state index in [9.17, 15) is 14.9 Å². The highest BCUT2D eigenvalue weighted by Gasteiger charge is 2.19. The van der Waals surface area contributed by atoms with Gasteiger partial charge in [0.05, 0.1) is 4.92 Å². The number of carboxylic acid groups (broad SMARTS) is 1. The number of rotatable bonds is 4. The molecule has 0 bridgehead atoms. The van der Waals surface area contributed by atoms with Crippen LogP contribution < -0.4 is 0 Å². The van der Waals surface area contributed by atoms with Crippen LogP contribution in [0.2, 0.25) is 0 Å². The van der Waals surface area contributed by atoms with Crippen LogP contribution in [0.4, 0.5) is 5.69 Å². The number of aromatic nitrogens is 1. The topological polar surface area (TPSA) is 93.3 Å². The maximum absolute atomic E-state index is 11.0. The highest BCUT2D eigenvalue weighted by molar-refractivity contribution is 7.99. The van der Waals surface area contributed by atoms with Crippen molar-refractivity contribution < 1.29 is 14.8 Å². The summed E-state index contributed by atoms with van der Waals surface area (Å²) in [6.45, 7) is 1.90. The van der Waals surface area contributed by atoms with Crippen LogP contribution in [0.5, 0.6) is 0 Å². The predicted molar refractivity (Wildman–Crippen MR) is 73.2 cm³/mol. The Bertz CT molecular complexity index is 688. The second-order valence-corrected chi connectivity index (χ2v) is 5.06. The van der Waals surface area contributed by atoms with Gasteiger partial charge >= 0.3 is 11.7 Å². The molecule has 0 radical (unpaired) electrons. The molecule has 0 aliphatic rings. The predicted octanol–water partition coefficient (Wildman–Crippen LogP) is 3.15. The molecule has 1 N–H and O–H groups in total. The molecule has 0 spiro atoms. The van der Waals surface area contributed by atoms with E-state index in [4.69, 9.17) is 5.11 Å². The van der Waals surface area contributed by atoms with Gasteiger partial charge in [-0.2, -0.15) is 0 Å². The molecule has 1 aromatic carbocycles. The third kappa shape index (κ3) is 3.12. The number of pyridine rings is 1. The molecule has 1 aromatic heterocycles. The first-order chi connectivity index (χ1) is 9.47. The summed E-state index contributed by atoms with van der Waals surface area (Å²) in [7, 11) is 0. The molecule has 0 aliphatic heterocycles. The molecule has 6 nitrogen and oxygen atoms in total. The van der Waals surface area contributed by atoms with Crippen molar-refractivity contribution in [3.05, 3.63) is 57.8 Å². The number of aromatic carboxylic acids is 1. The van der Waals surface area contributed by atoms with Crippen LogP contribution >= 0.6 is 11.8 Å². The molecule has 2 rings (SSSR count). The minimum Gasteiger partial charge on any atom is -0.477 e. The van der Waals surface area contributed by atoms with E-state index in [1.165, 1.54) is 0 Å². The summed E-state index contributed by atoms with van der Waals surface area (Å²) in [5, 5.41) is 19.9. The zero-order valence-electron chi connectivity index (χ0n) is 10.4. The zero-order valence-corrected chi connectivity index (χ0v) is 11.3. The van der Waals surface area contributed by atoms with Gasteiger partial charge in [0.25, 0.3) is 0 Å². The van der Waals surface area contributed by atoms with Crippen LogP contribution in [0.3, 0.4) is 0 Å². The molecule has 0 unspecified atom stereocenters. The fourth-order valence-electron chi connectivity index (χ4n) is 1.56. The maximum atomic E-state index is 11.0. The van der Waals surface area contributed by atoms with Gasteiger partial charge in [-0.3, -0.25) is 10.1 Å². The van der Waals surface area contributed by atoms with Crippen molar-refractivity contribution in [3.8, 4) is 0 Å². The first-order valence-electron chi connectivity index (χ1n) is 5.60. The lowest BCUT2D eigenvalue weighted by atomic mass is 10.2. The number of carbonyl (C=O) groups is 1. The molecule has 20 heavy (non-hydrogen) atoms. The summed E-state index contributed by atoms with van der Waals surface area (Å²) in [5.74, 6) is -1.22. The van der Waals surface area contributed by atoms with Crippen molar-refractivity contribution in [1.82, 2.24) is 4.98 Å². The molecule has 0 fully saturated rings. The number of hydrogen-bond donors (Lipinski definition) is 1. The van der Waals surface area contributed by atoms with Crippen LogP contribution in [0.15, 0.2) is 46.3 Å². The minimum atomic E-state index is -1.22. The zero-order chi connectivity index (χ0) is 14.7. The smallest absolute Gasteiger partial charge is 0.354 e. The number of nitrogens with zero attached hydrogens (tertiary/aromatic N) is 2. The SMILES string of the molecule is Cc1cccc(Sc2nc(C(=O)O)ccc2[N+](=O)[O-])c1. The second kappa shape index (κ2) is 5.70. The molecule has 0 atom stereocenters. The fourth-order valence-corrected chi connectivity index (χ4v) is 2.56. The fraction of sp³-hybridized carbons (Fsp3) is 0.0769. The van der Waals surface area contributed by atoms with Crippen molar-refractivity contribution in [2.24, 2.45) is 0 Å². The molecule has 2 aromatic rings.